The number of ether oxygens (including phenoxy) is 1. The first kappa shape index (κ1) is 13.0. The predicted molar refractivity (Wildman–Crippen MR) is 77.6 cm³/mol. The molecular weight excluding hydrogens is 254 g/mol. The van der Waals surface area contributed by atoms with E-state index in [1.54, 1.807) is 12.4 Å². The lowest BCUT2D eigenvalue weighted by atomic mass is 10.1. The van der Waals surface area contributed by atoms with Gasteiger partial charge in [-0.15, -0.1) is 0 Å². The topological polar surface area (TPSA) is 63.2 Å². The Bertz CT molecular complexity index is 604. The van der Waals surface area contributed by atoms with Crippen molar-refractivity contribution < 1.29 is 9.53 Å². The maximum Gasteiger partial charge on any atom is 0.227 e. The van der Waals surface area contributed by atoms with E-state index in [4.69, 9.17) is 4.74 Å². The van der Waals surface area contributed by atoms with Gasteiger partial charge in [0.25, 0.3) is 0 Å². The van der Waals surface area contributed by atoms with E-state index in [-0.39, 0.29) is 12.0 Å². The smallest absolute Gasteiger partial charge is 0.227 e. The van der Waals surface area contributed by atoms with Gasteiger partial charge in [0.05, 0.1) is 19.1 Å². The number of benzene rings is 1. The summed E-state index contributed by atoms with van der Waals surface area (Å²) in [6.07, 6.45) is 3.85. The number of hydrogen-bond donors (Lipinski definition) is 2. The van der Waals surface area contributed by atoms with Crippen LogP contribution >= 0.6 is 0 Å². The zero-order chi connectivity index (χ0) is 13.8. The number of nitrogens with one attached hydrogen (secondary N) is 2. The molecule has 2 aromatic rings. The first-order chi connectivity index (χ1) is 9.83. The Kier molecular flexibility index (Phi) is 3.90. The van der Waals surface area contributed by atoms with Gasteiger partial charge in [-0.05, 0) is 12.1 Å². The van der Waals surface area contributed by atoms with Crippen LogP contribution in [0.3, 0.4) is 0 Å². The Hall–Kier alpha value is -1.98. The average molecular weight is 271 g/mol. The second-order valence-corrected chi connectivity index (χ2v) is 4.85. The van der Waals surface area contributed by atoms with Gasteiger partial charge in [-0.25, -0.2) is 0 Å². The zero-order valence-corrected chi connectivity index (χ0v) is 11.1. The number of anilines is 1. The molecule has 0 spiro atoms. The Morgan fingerprint density at radius 2 is 2.40 bits per heavy atom. The molecule has 1 saturated heterocycles. The number of rotatable bonds is 3. The van der Waals surface area contributed by atoms with Crippen molar-refractivity contribution in [3.8, 4) is 0 Å². The highest BCUT2D eigenvalue weighted by atomic mass is 16.5. The molecule has 5 nitrogen and oxygen atoms in total. The number of aromatic nitrogens is 1. The number of nitrogens with zero attached hydrogens (tertiary/aromatic N) is 1. The van der Waals surface area contributed by atoms with E-state index in [1.165, 1.54) is 0 Å². The molecule has 2 N–H and O–H groups in total. The molecule has 20 heavy (non-hydrogen) atoms. The third-order valence-corrected chi connectivity index (χ3v) is 3.37. The second-order valence-electron chi connectivity index (χ2n) is 4.85. The monoisotopic (exact) mass is 271 g/mol. The van der Waals surface area contributed by atoms with Crippen molar-refractivity contribution in [1.29, 1.82) is 0 Å². The van der Waals surface area contributed by atoms with Gasteiger partial charge >= 0.3 is 0 Å². The largest absolute Gasteiger partial charge is 0.375 e. The molecule has 1 aliphatic heterocycles. The van der Waals surface area contributed by atoms with Gasteiger partial charge in [-0.1, -0.05) is 12.1 Å². The number of hydrogen-bond acceptors (Lipinski definition) is 4. The van der Waals surface area contributed by atoms with E-state index in [2.05, 4.69) is 15.6 Å². The molecule has 104 valence electrons. The number of carbonyl (C=O) groups excluding carboxylic acids is 1. The molecule has 0 radical (unpaired) electrons. The van der Waals surface area contributed by atoms with E-state index in [0.717, 1.165) is 29.5 Å². The number of pyridine rings is 1. The summed E-state index contributed by atoms with van der Waals surface area (Å²) in [4.78, 5) is 16.2. The maximum absolute atomic E-state index is 12.1. The SMILES string of the molecule is O=C(CC1CNCCO1)Nc1cccc2cnccc12. The Morgan fingerprint density at radius 1 is 1.45 bits per heavy atom. The first-order valence-corrected chi connectivity index (χ1v) is 6.78. The highest BCUT2D eigenvalue weighted by molar-refractivity contribution is 6.01. The summed E-state index contributed by atoms with van der Waals surface area (Å²) in [6.45, 7) is 2.25. The molecule has 1 aromatic carbocycles. The lowest BCUT2D eigenvalue weighted by molar-refractivity contribution is -0.119. The zero-order valence-electron chi connectivity index (χ0n) is 11.1. The summed E-state index contributed by atoms with van der Waals surface area (Å²) in [6, 6.07) is 7.70. The van der Waals surface area contributed by atoms with Gasteiger partial charge in [0.15, 0.2) is 0 Å². The summed E-state index contributed by atoms with van der Waals surface area (Å²) >= 11 is 0. The third kappa shape index (κ3) is 2.95. The molecular formula is C15H17N3O2. The summed E-state index contributed by atoms with van der Waals surface area (Å²) in [7, 11) is 0. The van der Waals surface area contributed by atoms with Crippen molar-refractivity contribution in [1.82, 2.24) is 10.3 Å². The normalized spacial score (nSPS) is 18.9. The predicted octanol–water partition coefficient (Wildman–Crippen LogP) is 1.55. The Labute approximate surface area is 117 Å². The fourth-order valence-electron chi connectivity index (χ4n) is 2.39. The number of amides is 1. The first-order valence-electron chi connectivity index (χ1n) is 6.78. The van der Waals surface area contributed by atoms with Crippen LogP contribution in [0, 0.1) is 0 Å². The standard InChI is InChI=1S/C15H17N3O2/c19-15(8-12-10-17-6-7-20-12)18-14-3-1-2-11-9-16-5-4-13(11)14/h1-5,9,12,17H,6-8,10H2,(H,18,19). The van der Waals surface area contributed by atoms with Crippen LogP contribution in [0.25, 0.3) is 10.8 Å². The van der Waals surface area contributed by atoms with Crippen molar-refractivity contribution >= 4 is 22.4 Å². The van der Waals surface area contributed by atoms with Crippen LogP contribution in [0.1, 0.15) is 6.42 Å². The molecule has 0 saturated carbocycles. The molecule has 1 aromatic heterocycles. The van der Waals surface area contributed by atoms with Crippen LogP contribution in [0.2, 0.25) is 0 Å². The van der Waals surface area contributed by atoms with E-state index in [0.29, 0.717) is 13.0 Å². The van der Waals surface area contributed by atoms with Crippen LogP contribution in [0.15, 0.2) is 36.7 Å². The van der Waals surface area contributed by atoms with Gasteiger partial charge < -0.3 is 15.4 Å². The van der Waals surface area contributed by atoms with Crippen LogP contribution in [-0.4, -0.2) is 36.7 Å². The Balaban J connectivity index is 1.71. The lowest BCUT2D eigenvalue weighted by Gasteiger charge is -2.23. The summed E-state index contributed by atoms with van der Waals surface area (Å²) in [5, 5.41) is 8.19. The van der Waals surface area contributed by atoms with E-state index in [9.17, 15) is 4.79 Å². The van der Waals surface area contributed by atoms with Crippen LogP contribution < -0.4 is 10.6 Å². The van der Waals surface area contributed by atoms with E-state index in [1.807, 2.05) is 24.3 Å². The minimum absolute atomic E-state index is 0.0250. The number of fused-ring (bicyclic) bond motifs is 1. The van der Waals surface area contributed by atoms with Crippen molar-refractivity contribution in [3.63, 3.8) is 0 Å². The Morgan fingerprint density at radius 3 is 3.25 bits per heavy atom. The fourth-order valence-corrected chi connectivity index (χ4v) is 2.39. The molecule has 1 amide bonds. The molecule has 5 heteroatoms. The van der Waals surface area contributed by atoms with Gasteiger partial charge in [0.1, 0.15) is 0 Å². The summed E-state index contributed by atoms with van der Waals surface area (Å²) < 4.78 is 5.54. The van der Waals surface area contributed by atoms with E-state index >= 15 is 0 Å². The number of carbonyl (C=O) groups is 1. The summed E-state index contributed by atoms with van der Waals surface area (Å²) in [5.41, 5.74) is 0.818. The van der Waals surface area contributed by atoms with E-state index < -0.39 is 0 Å². The third-order valence-electron chi connectivity index (χ3n) is 3.37. The maximum atomic E-state index is 12.1. The highest BCUT2D eigenvalue weighted by Crippen LogP contribution is 2.22. The van der Waals surface area contributed by atoms with Crippen LogP contribution in [-0.2, 0) is 9.53 Å². The van der Waals surface area contributed by atoms with Crippen LogP contribution in [0.4, 0.5) is 5.69 Å². The van der Waals surface area contributed by atoms with Gasteiger partial charge in [-0.2, -0.15) is 0 Å². The molecule has 1 aliphatic rings. The van der Waals surface area contributed by atoms with Crippen molar-refractivity contribution in [2.24, 2.45) is 0 Å². The molecule has 2 heterocycles. The molecule has 1 unspecified atom stereocenters. The average Bonchev–Trinajstić information content (AvgIpc) is 2.48. The molecule has 3 rings (SSSR count). The second kappa shape index (κ2) is 5.98. The van der Waals surface area contributed by atoms with Crippen molar-refractivity contribution in [2.75, 3.05) is 25.0 Å². The van der Waals surface area contributed by atoms with Gasteiger partial charge in [-0.3, -0.25) is 9.78 Å². The van der Waals surface area contributed by atoms with Crippen LogP contribution in [0.5, 0.6) is 0 Å². The summed E-state index contributed by atoms with van der Waals surface area (Å²) in [5.74, 6) is -0.0250. The van der Waals surface area contributed by atoms with Crippen molar-refractivity contribution in [2.45, 2.75) is 12.5 Å². The van der Waals surface area contributed by atoms with Gasteiger partial charge in [0, 0.05) is 41.9 Å². The van der Waals surface area contributed by atoms with Crippen molar-refractivity contribution in [3.05, 3.63) is 36.7 Å². The number of morpholine rings is 1. The molecule has 1 fully saturated rings. The molecule has 0 aliphatic carbocycles. The fraction of sp³-hybridized carbons (Fsp3) is 0.333. The lowest BCUT2D eigenvalue weighted by Crippen LogP contribution is -2.40. The molecule has 0 bridgehead atoms. The minimum atomic E-state index is -0.0413. The quantitative estimate of drug-likeness (QED) is 0.889. The molecule has 1 atom stereocenters. The van der Waals surface area contributed by atoms with Gasteiger partial charge in [0.2, 0.25) is 5.91 Å². The highest BCUT2D eigenvalue weighted by Gasteiger charge is 2.17. The minimum Gasteiger partial charge on any atom is -0.375 e.